The van der Waals surface area contributed by atoms with E-state index in [1.807, 2.05) is 10.6 Å². The number of pyridine rings is 1. The lowest BCUT2D eigenvalue weighted by Gasteiger charge is -2.27. The highest BCUT2D eigenvalue weighted by atomic mass is 35.5. The van der Waals surface area contributed by atoms with Gasteiger partial charge in [-0.25, -0.2) is 36.1 Å². The van der Waals surface area contributed by atoms with Crippen molar-refractivity contribution in [2.75, 3.05) is 34.4 Å². The average molecular weight is 936 g/mol. The fourth-order valence-corrected chi connectivity index (χ4v) is 10.3. The van der Waals surface area contributed by atoms with Crippen LogP contribution >= 0.6 is 11.6 Å². The summed E-state index contributed by atoms with van der Waals surface area (Å²) in [5.41, 5.74) is 1.87. The third-order valence-corrected chi connectivity index (χ3v) is 13.3. The summed E-state index contributed by atoms with van der Waals surface area (Å²) in [6.07, 6.45) is -1.67. The van der Waals surface area contributed by atoms with Gasteiger partial charge in [-0.3, -0.25) is 0 Å². The Balaban J connectivity index is 1.63. The Bertz CT molecular complexity index is 2750. The second-order valence-electron chi connectivity index (χ2n) is 13.8. The van der Waals surface area contributed by atoms with Crippen LogP contribution in [0.3, 0.4) is 0 Å². The molecule has 6 rings (SSSR count). The van der Waals surface area contributed by atoms with Gasteiger partial charge in [0.05, 0.1) is 39.5 Å². The number of nitrogens with one attached hydrogen (secondary N) is 3. The molecule has 64 heavy (non-hydrogen) atoms. The third-order valence-electron chi connectivity index (χ3n) is 9.56. The van der Waals surface area contributed by atoms with Crippen LogP contribution in [0.2, 0.25) is 5.15 Å². The van der Waals surface area contributed by atoms with E-state index < -0.39 is 61.2 Å². The predicted molar refractivity (Wildman–Crippen MR) is 232 cm³/mol. The Morgan fingerprint density at radius 1 is 0.750 bits per heavy atom. The van der Waals surface area contributed by atoms with Crippen molar-refractivity contribution in [2.24, 2.45) is 0 Å². The van der Waals surface area contributed by atoms with Gasteiger partial charge in [0.1, 0.15) is 32.2 Å². The fraction of sp³-hybridized carbons (Fsp3) is 0.220. The number of methoxy groups -OCH3 is 3. The van der Waals surface area contributed by atoms with Crippen LogP contribution < -0.4 is 29.6 Å². The first-order valence-electron chi connectivity index (χ1n) is 19.0. The van der Waals surface area contributed by atoms with E-state index in [2.05, 4.69) is 25.1 Å². The van der Waals surface area contributed by atoms with E-state index in [1.54, 1.807) is 72.8 Å². The van der Waals surface area contributed by atoms with E-state index in [9.17, 15) is 28.2 Å². The molecule has 0 spiro atoms. The summed E-state index contributed by atoms with van der Waals surface area (Å²) in [6.45, 7) is -1.74. The first kappa shape index (κ1) is 46.6. The molecule has 0 aliphatic heterocycles. The molecule has 20 nitrogen and oxygen atoms in total. The molecule has 0 radical (unpaired) electrons. The van der Waals surface area contributed by atoms with Crippen LogP contribution in [0.1, 0.15) is 16.7 Å². The van der Waals surface area contributed by atoms with E-state index in [1.165, 1.54) is 50.5 Å². The van der Waals surface area contributed by atoms with Gasteiger partial charge in [-0.2, -0.15) is 9.10 Å². The molecule has 2 amide bonds. The summed E-state index contributed by atoms with van der Waals surface area (Å²) >= 11 is 6.36. The smallest absolute Gasteiger partial charge is 0.404 e. The fourth-order valence-electron chi connectivity index (χ4n) is 6.45. The standard InChI is InChI=1S/C41H42ClN9O11S2/c1-60-31-10-4-26(5-11-31)23-50(24-27-6-12-32(61-2)13-7-27)64(58,59)38-35(63(56,57)48-30(21-44-40(52)53)22-45-41(54)55)17-16-34(29-18-19-43-36(42)20-29)37(38)39-46-49-51(47-39)25-28-8-14-33(62-3)15-9-28/h4-20,30,44-45,48H,21-25H2,1-3H3,(H,52,53)(H,54,55). The highest BCUT2D eigenvalue weighted by molar-refractivity contribution is 7.92. The highest BCUT2D eigenvalue weighted by Crippen LogP contribution is 2.42. The van der Waals surface area contributed by atoms with Crippen molar-refractivity contribution in [1.29, 1.82) is 0 Å². The molecule has 0 aliphatic carbocycles. The number of carbonyl (C=O) groups is 2. The lowest BCUT2D eigenvalue weighted by Crippen LogP contribution is -2.49. The Labute approximate surface area is 372 Å². The van der Waals surface area contributed by atoms with Crippen LogP contribution in [0.5, 0.6) is 17.2 Å². The van der Waals surface area contributed by atoms with Crippen molar-refractivity contribution < 1.29 is 50.8 Å². The summed E-state index contributed by atoms with van der Waals surface area (Å²) in [6, 6.07) is 24.2. The molecule has 0 atom stereocenters. The zero-order chi connectivity index (χ0) is 46.0. The van der Waals surface area contributed by atoms with Crippen molar-refractivity contribution in [3.05, 3.63) is 125 Å². The van der Waals surface area contributed by atoms with E-state index in [0.29, 0.717) is 33.9 Å². The number of sulfonamides is 2. The SMILES string of the molecule is COc1ccc(CN(Cc2ccc(OC)cc2)S(=O)(=O)c2c(S(=O)(=O)NC(CNC(=O)O)CNC(=O)O)ccc(-c3ccnc(Cl)c3)c2-c2nnn(Cc3ccc(OC)cc3)n2)cc1. The van der Waals surface area contributed by atoms with Crippen LogP contribution in [0, 0.1) is 0 Å². The number of hydrogen-bond donors (Lipinski definition) is 5. The number of halogens is 1. The zero-order valence-corrected chi connectivity index (χ0v) is 36.8. The van der Waals surface area contributed by atoms with Crippen molar-refractivity contribution in [1.82, 2.24) is 44.9 Å². The van der Waals surface area contributed by atoms with Crippen molar-refractivity contribution >= 4 is 43.8 Å². The van der Waals surface area contributed by atoms with E-state index in [0.717, 1.165) is 15.9 Å². The summed E-state index contributed by atoms with van der Waals surface area (Å²) in [5, 5.41) is 35.9. The number of aromatic nitrogens is 5. The minimum Gasteiger partial charge on any atom is -0.497 e. The van der Waals surface area contributed by atoms with Crippen LogP contribution in [-0.4, -0.2) is 109 Å². The van der Waals surface area contributed by atoms with Gasteiger partial charge in [0, 0.05) is 32.4 Å². The Morgan fingerprint density at radius 3 is 1.75 bits per heavy atom. The van der Waals surface area contributed by atoms with Gasteiger partial charge in [-0.1, -0.05) is 54.1 Å². The first-order chi connectivity index (χ1) is 30.6. The van der Waals surface area contributed by atoms with Crippen LogP contribution in [-0.2, 0) is 39.7 Å². The molecular formula is C41H42ClN9O11S2. The third kappa shape index (κ3) is 11.6. The lowest BCUT2D eigenvalue weighted by atomic mass is 10.00. The highest BCUT2D eigenvalue weighted by Gasteiger charge is 2.38. The Morgan fingerprint density at radius 2 is 1.27 bits per heavy atom. The molecular weight excluding hydrogens is 894 g/mol. The number of benzene rings is 4. The van der Waals surface area contributed by atoms with E-state index in [4.69, 9.17) is 25.8 Å². The monoisotopic (exact) mass is 935 g/mol. The molecule has 0 bridgehead atoms. The van der Waals surface area contributed by atoms with Gasteiger partial charge in [0.25, 0.3) is 0 Å². The summed E-state index contributed by atoms with van der Waals surface area (Å²) in [5.74, 6) is 1.32. The number of amides is 2. The maximum absolute atomic E-state index is 15.8. The maximum Gasteiger partial charge on any atom is 0.404 e. The molecule has 5 N–H and O–H groups in total. The van der Waals surface area contributed by atoms with E-state index in [-0.39, 0.29) is 41.7 Å². The Kier molecular flexibility index (Phi) is 15.0. The van der Waals surface area contributed by atoms with Crippen LogP contribution in [0.25, 0.3) is 22.5 Å². The van der Waals surface area contributed by atoms with Gasteiger partial charge < -0.3 is 35.1 Å². The van der Waals surface area contributed by atoms with Crippen molar-refractivity contribution in [3.63, 3.8) is 0 Å². The van der Waals surface area contributed by atoms with E-state index >= 15 is 8.42 Å². The summed E-state index contributed by atoms with van der Waals surface area (Å²) in [4.78, 5) is 26.7. The maximum atomic E-state index is 15.8. The van der Waals surface area contributed by atoms with Crippen LogP contribution in [0.15, 0.2) is 113 Å². The number of rotatable bonds is 20. The molecule has 336 valence electrons. The number of tetrazole rings is 1. The number of carboxylic acid groups (broad SMARTS) is 2. The second-order valence-corrected chi connectivity index (χ2v) is 17.8. The van der Waals surface area contributed by atoms with Crippen molar-refractivity contribution in [2.45, 2.75) is 35.5 Å². The Hall–Kier alpha value is -6.85. The number of hydrogen-bond acceptors (Lipinski definition) is 13. The molecule has 0 unspecified atom stereocenters. The topological polar surface area (TPSA) is 266 Å². The van der Waals surface area contributed by atoms with Gasteiger partial charge in [-0.05, 0) is 87.6 Å². The zero-order valence-electron chi connectivity index (χ0n) is 34.4. The molecule has 0 fully saturated rings. The van der Waals surface area contributed by atoms with Gasteiger partial charge in [-0.15, -0.1) is 10.2 Å². The summed E-state index contributed by atoms with van der Waals surface area (Å²) in [7, 11) is -5.60. The van der Waals surface area contributed by atoms with Gasteiger partial charge in [0.2, 0.25) is 25.9 Å². The quantitative estimate of drug-likeness (QED) is 0.0650. The van der Waals surface area contributed by atoms with Crippen molar-refractivity contribution in [3.8, 4) is 39.8 Å². The number of nitrogens with zero attached hydrogens (tertiary/aromatic N) is 6. The molecule has 0 aliphatic rings. The van der Waals surface area contributed by atoms with Crippen LogP contribution in [0.4, 0.5) is 9.59 Å². The molecule has 6 aromatic rings. The molecule has 4 aromatic carbocycles. The normalized spacial score (nSPS) is 11.7. The minimum absolute atomic E-state index is 0.0303. The molecule has 23 heteroatoms. The molecule has 0 saturated carbocycles. The van der Waals surface area contributed by atoms with Gasteiger partial charge in [0.15, 0.2) is 0 Å². The first-order valence-corrected chi connectivity index (χ1v) is 22.3. The molecule has 2 aromatic heterocycles. The average Bonchev–Trinajstić information content (AvgIpc) is 3.75. The lowest BCUT2D eigenvalue weighted by molar-refractivity contribution is 0.191. The minimum atomic E-state index is -5.05. The predicted octanol–water partition coefficient (Wildman–Crippen LogP) is 4.70. The molecule has 2 heterocycles. The number of ether oxygens (including phenoxy) is 3. The summed E-state index contributed by atoms with van der Waals surface area (Å²) < 4.78 is 80.5. The largest absolute Gasteiger partial charge is 0.497 e. The second kappa shape index (κ2) is 20.6. The van der Waals surface area contributed by atoms with Gasteiger partial charge >= 0.3 is 12.2 Å². The molecule has 0 saturated heterocycles.